The third kappa shape index (κ3) is 2.92. The molecule has 1 aromatic heterocycles. The van der Waals surface area contributed by atoms with Crippen LogP contribution in [0.4, 0.5) is 0 Å². The average Bonchev–Trinajstić information content (AvgIpc) is 2.82. The zero-order valence-corrected chi connectivity index (χ0v) is 15.3. The van der Waals surface area contributed by atoms with E-state index in [0.29, 0.717) is 41.9 Å². The number of rotatable bonds is 2. The van der Waals surface area contributed by atoms with Gasteiger partial charge in [-0.05, 0) is 35.4 Å². The number of aromatic nitrogens is 2. The molecule has 1 aliphatic rings. The van der Waals surface area contributed by atoms with Gasteiger partial charge in [-0.3, -0.25) is 4.79 Å². The van der Waals surface area contributed by atoms with Crippen LogP contribution in [0.1, 0.15) is 0 Å². The summed E-state index contributed by atoms with van der Waals surface area (Å²) in [4.78, 5) is 12.9. The summed E-state index contributed by atoms with van der Waals surface area (Å²) in [7, 11) is 0. The van der Waals surface area contributed by atoms with Crippen LogP contribution in [0, 0.1) is 0 Å². The molecule has 0 radical (unpaired) electrons. The van der Waals surface area contributed by atoms with Gasteiger partial charge in [-0.2, -0.15) is 0 Å². The lowest BCUT2D eigenvalue weighted by molar-refractivity contribution is 0.137. The third-order valence-electron chi connectivity index (χ3n) is 4.52. The van der Waals surface area contributed by atoms with Crippen molar-refractivity contribution in [2.75, 3.05) is 13.2 Å². The number of aromatic hydroxyl groups is 1. The summed E-state index contributed by atoms with van der Waals surface area (Å²) < 4.78 is 8.43. The van der Waals surface area contributed by atoms with Gasteiger partial charge in [0, 0.05) is 15.6 Å². The van der Waals surface area contributed by atoms with Crippen molar-refractivity contribution in [1.29, 1.82) is 0 Å². The molecule has 4 rings (SSSR count). The van der Waals surface area contributed by atoms with Crippen LogP contribution >= 0.6 is 23.2 Å². The molecule has 2 heterocycles. The summed E-state index contributed by atoms with van der Waals surface area (Å²) in [5.41, 5.74) is 2.28. The Morgan fingerprint density at radius 3 is 2.31 bits per heavy atom. The molecule has 26 heavy (non-hydrogen) atoms. The summed E-state index contributed by atoms with van der Waals surface area (Å²) in [6, 6.07) is 12.8. The van der Waals surface area contributed by atoms with Gasteiger partial charge in [0.1, 0.15) is 5.56 Å². The first-order valence-electron chi connectivity index (χ1n) is 8.22. The van der Waals surface area contributed by atoms with Crippen molar-refractivity contribution in [3.05, 3.63) is 62.9 Å². The Balaban J connectivity index is 1.87. The Bertz CT molecular complexity index is 1020. The second kappa shape index (κ2) is 6.83. The summed E-state index contributed by atoms with van der Waals surface area (Å²) in [5, 5.41) is 11.7. The predicted octanol–water partition coefficient (Wildman–Crippen LogP) is 4.03. The topological polar surface area (TPSA) is 56.4 Å². The van der Waals surface area contributed by atoms with Crippen LogP contribution in [0.25, 0.3) is 22.3 Å². The van der Waals surface area contributed by atoms with Crippen molar-refractivity contribution in [3.63, 3.8) is 0 Å². The van der Waals surface area contributed by atoms with Gasteiger partial charge in [-0.15, -0.1) is 0 Å². The number of fused-ring (bicyclic) bond motifs is 1. The van der Waals surface area contributed by atoms with Gasteiger partial charge in [0.05, 0.1) is 26.3 Å². The highest BCUT2D eigenvalue weighted by molar-refractivity contribution is 6.33. The molecule has 0 fully saturated rings. The van der Waals surface area contributed by atoms with Crippen LogP contribution in [0.15, 0.2) is 47.3 Å². The van der Waals surface area contributed by atoms with Crippen LogP contribution in [-0.2, 0) is 17.8 Å². The SMILES string of the molecule is O=c1c(-c2cc(-c3ccc(Cl)cc3)ccc2Cl)c(O)n2n1CCOCC2. The van der Waals surface area contributed by atoms with Crippen LogP contribution < -0.4 is 5.56 Å². The third-order valence-corrected chi connectivity index (χ3v) is 5.10. The van der Waals surface area contributed by atoms with Gasteiger partial charge in [0.25, 0.3) is 5.56 Å². The van der Waals surface area contributed by atoms with Crippen molar-refractivity contribution in [1.82, 2.24) is 9.36 Å². The quantitative estimate of drug-likeness (QED) is 0.718. The molecular formula is C19H16Cl2N2O3. The molecule has 1 N–H and O–H groups in total. The molecule has 134 valence electrons. The zero-order valence-electron chi connectivity index (χ0n) is 13.8. The number of nitrogens with zero attached hydrogens (tertiary/aromatic N) is 2. The van der Waals surface area contributed by atoms with Crippen LogP contribution in [0.2, 0.25) is 10.0 Å². The van der Waals surface area contributed by atoms with E-state index >= 15 is 0 Å². The summed E-state index contributed by atoms with van der Waals surface area (Å²) >= 11 is 12.3. The van der Waals surface area contributed by atoms with Gasteiger partial charge in [-0.1, -0.05) is 41.4 Å². The van der Waals surface area contributed by atoms with Crippen molar-refractivity contribution >= 4 is 23.2 Å². The first kappa shape index (κ1) is 17.2. The number of hydrogen-bond acceptors (Lipinski definition) is 3. The monoisotopic (exact) mass is 390 g/mol. The van der Waals surface area contributed by atoms with Gasteiger partial charge in [0.2, 0.25) is 5.88 Å². The molecular weight excluding hydrogens is 375 g/mol. The molecule has 3 aromatic rings. The molecule has 0 bridgehead atoms. The van der Waals surface area contributed by atoms with Crippen LogP contribution in [-0.4, -0.2) is 27.7 Å². The van der Waals surface area contributed by atoms with E-state index in [1.807, 2.05) is 24.3 Å². The lowest BCUT2D eigenvalue weighted by Crippen LogP contribution is -2.23. The largest absolute Gasteiger partial charge is 0.493 e. The van der Waals surface area contributed by atoms with E-state index in [1.54, 1.807) is 22.9 Å². The molecule has 0 atom stereocenters. The van der Waals surface area contributed by atoms with E-state index in [4.69, 9.17) is 27.9 Å². The smallest absolute Gasteiger partial charge is 0.278 e. The second-order valence-corrected chi connectivity index (χ2v) is 6.91. The van der Waals surface area contributed by atoms with E-state index in [0.717, 1.165) is 11.1 Å². The minimum atomic E-state index is -0.275. The molecule has 0 saturated carbocycles. The van der Waals surface area contributed by atoms with Crippen LogP contribution in [0.5, 0.6) is 5.88 Å². The average molecular weight is 391 g/mol. The van der Waals surface area contributed by atoms with Gasteiger partial charge >= 0.3 is 0 Å². The van der Waals surface area contributed by atoms with Crippen LogP contribution in [0.3, 0.4) is 0 Å². The minimum absolute atomic E-state index is 0.0874. The Morgan fingerprint density at radius 1 is 0.923 bits per heavy atom. The van der Waals surface area contributed by atoms with Gasteiger partial charge in [0.15, 0.2) is 0 Å². The molecule has 2 aromatic carbocycles. The number of benzene rings is 2. The molecule has 0 unspecified atom stereocenters. The first-order valence-corrected chi connectivity index (χ1v) is 8.98. The number of hydrogen-bond donors (Lipinski definition) is 1. The van der Waals surface area contributed by atoms with E-state index in [1.165, 1.54) is 4.68 Å². The fraction of sp³-hybridized carbons (Fsp3) is 0.211. The molecule has 5 nitrogen and oxygen atoms in total. The summed E-state index contributed by atoms with van der Waals surface area (Å²) in [5.74, 6) is -0.0874. The lowest BCUT2D eigenvalue weighted by Gasteiger charge is -2.08. The number of ether oxygens (including phenoxy) is 1. The fourth-order valence-electron chi connectivity index (χ4n) is 3.21. The van der Waals surface area contributed by atoms with Crippen molar-refractivity contribution in [3.8, 4) is 28.1 Å². The molecule has 0 spiro atoms. The molecule has 7 heteroatoms. The van der Waals surface area contributed by atoms with E-state index in [-0.39, 0.29) is 17.0 Å². The van der Waals surface area contributed by atoms with Gasteiger partial charge < -0.3 is 9.84 Å². The maximum absolute atomic E-state index is 12.9. The first-order chi connectivity index (χ1) is 12.6. The molecule has 1 aliphatic heterocycles. The summed E-state index contributed by atoms with van der Waals surface area (Å²) in [6.07, 6.45) is 0. The highest BCUT2D eigenvalue weighted by Crippen LogP contribution is 2.36. The lowest BCUT2D eigenvalue weighted by atomic mass is 10.0. The Kier molecular flexibility index (Phi) is 4.53. The Hall–Kier alpha value is -2.21. The number of halogens is 2. The normalized spacial score (nSPS) is 14.1. The second-order valence-electron chi connectivity index (χ2n) is 6.06. The highest BCUT2D eigenvalue weighted by Gasteiger charge is 2.24. The van der Waals surface area contributed by atoms with Crippen molar-refractivity contribution in [2.24, 2.45) is 0 Å². The highest BCUT2D eigenvalue weighted by atomic mass is 35.5. The van der Waals surface area contributed by atoms with E-state index in [9.17, 15) is 9.90 Å². The molecule has 0 aliphatic carbocycles. The van der Waals surface area contributed by atoms with Crippen molar-refractivity contribution in [2.45, 2.75) is 13.1 Å². The van der Waals surface area contributed by atoms with Crippen molar-refractivity contribution < 1.29 is 9.84 Å². The Labute approximate surface area is 159 Å². The maximum atomic E-state index is 12.9. The van der Waals surface area contributed by atoms with Gasteiger partial charge in [-0.25, -0.2) is 9.36 Å². The molecule has 0 amide bonds. The molecule has 0 saturated heterocycles. The summed E-state index contributed by atoms with van der Waals surface area (Å²) in [6.45, 7) is 1.68. The standard InChI is InChI=1S/C19H16Cl2N2O3/c20-14-4-1-12(2-5-14)13-3-6-16(21)15(11-13)17-18(24)22-7-9-26-10-8-23(22)19(17)25/h1-6,11,24H,7-10H2. The minimum Gasteiger partial charge on any atom is -0.493 e. The zero-order chi connectivity index (χ0) is 18.3. The van der Waals surface area contributed by atoms with E-state index < -0.39 is 0 Å². The fourth-order valence-corrected chi connectivity index (χ4v) is 3.54. The Morgan fingerprint density at radius 2 is 1.58 bits per heavy atom. The predicted molar refractivity (Wildman–Crippen MR) is 102 cm³/mol. The maximum Gasteiger partial charge on any atom is 0.278 e. The van der Waals surface area contributed by atoms with E-state index in [2.05, 4.69) is 0 Å².